The zero-order valence-electron chi connectivity index (χ0n) is 16.9. The van der Waals surface area contributed by atoms with E-state index in [1.165, 1.54) is 0 Å². The molecule has 1 aliphatic rings. The van der Waals surface area contributed by atoms with Crippen molar-refractivity contribution in [1.29, 1.82) is 0 Å². The Labute approximate surface area is 175 Å². The molecule has 0 saturated carbocycles. The number of fused-ring (bicyclic) bond motifs is 1. The zero-order valence-corrected chi connectivity index (χ0v) is 16.9. The van der Waals surface area contributed by atoms with Gasteiger partial charge in [-0.2, -0.15) is 5.10 Å². The topological polar surface area (TPSA) is 76.5 Å². The highest BCUT2D eigenvalue weighted by Crippen LogP contribution is 2.29. The van der Waals surface area contributed by atoms with E-state index in [1.807, 2.05) is 49.5 Å². The van der Waals surface area contributed by atoms with Gasteiger partial charge in [-0.1, -0.05) is 13.0 Å². The van der Waals surface area contributed by atoms with E-state index in [1.54, 1.807) is 27.9 Å². The number of aromatic nitrogens is 2. The summed E-state index contributed by atoms with van der Waals surface area (Å²) in [6.45, 7) is 3.66. The van der Waals surface area contributed by atoms with Gasteiger partial charge in [0.25, 0.3) is 5.91 Å². The summed E-state index contributed by atoms with van der Waals surface area (Å²) in [4.78, 5) is 26.6. The quantitative estimate of drug-likeness (QED) is 0.654. The molecule has 30 heavy (non-hydrogen) atoms. The van der Waals surface area contributed by atoms with Gasteiger partial charge < -0.3 is 15.0 Å². The van der Waals surface area contributed by atoms with Gasteiger partial charge >= 0.3 is 0 Å². The first kappa shape index (κ1) is 19.7. The van der Waals surface area contributed by atoms with Crippen LogP contribution in [0.4, 0.5) is 11.4 Å². The molecular weight excluding hydrogens is 380 g/mol. The van der Waals surface area contributed by atoms with Gasteiger partial charge in [0, 0.05) is 48.4 Å². The van der Waals surface area contributed by atoms with Crippen molar-refractivity contribution in [2.24, 2.45) is 0 Å². The van der Waals surface area contributed by atoms with Gasteiger partial charge in [-0.05, 0) is 48.4 Å². The lowest BCUT2D eigenvalue weighted by molar-refractivity contribution is -0.118. The SMILES string of the molecule is CCC(=O)N1CCc2cc(C(=O)Nc3cccc(OCCn4cccn4)c3)ccc21. The number of hydrogen-bond acceptors (Lipinski definition) is 4. The number of hydrogen-bond donors (Lipinski definition) is 1. The van der Waals surface area contributed by atoms with E-state index in [9.17, 15) is 9.59 Å². The van der Waals surface area contributed by atoms with Crippen molar-refractivity contribution in [2.45, 2.75) is 26.3 Å². The molecule has 2 amide bonds. The first-order valence-corrected chi connectivity index (χ1v) is 10.1. The molecule has 3 aromatic rings. The maximum absolute atomic E-state index is 12.7. The molecule has 0 fully saturated rings. The van der Waals surface area contributed by atoms with Crippen LogP contribution >= 0.6 is 0 Å². The predicted molar refractivity (Wildman–Crippen MR) is 115 cm³/mol. The lowest BCUT2D eigenvalue weighted by Crippen LogP contribution is -2.27. The van der Waals surface area contributed by atoms with Crippen LogP contribution in [0, 0.1) is 0 Å². The van der Waals surface area contributed by atoms with Crippen molar-refractivity contribution in [3.63, 3.8) is 0 Å². The molecule has 154 valence electrons. The third kappa shape index (κ3) is 4.35. The standard InChI is InChI=1S/C23H24N4O3/c1-2-22(28)27-12-9-17-15-18(7-8-21(17)27)23(29)25-19-5-3-6-20(16-19)30-14-13-26-11-4-10-24-26/h3-8,10-11,15-16H,2,9,12-14H2,1H3,(H,25,29). The smallest absolute Gasteiger partial charge is 0.255 e. The fraction of sp³-hybridized carbons (Fsp3) is 0.261. The molecule has 2 aromatic carbocycles. The van der Waals surface area contributed by atoms with Crippen molar-refractivity contribution >= 4 is 23.2 Å². The number of carbonyl (C=O) groups is 2. The second kappa shape index (κ2) is 8.82. The Morgan fingerprint density at radius 1 is 1.17 bits per heavy atom. The number of anilines is 2. The van der Waals surface area contributed by atoms with Gasteiger partial charge in [0.15, 0.2) is 0 Å². The number of rotatable bonds is 7. The molecule has 1 aromatic heterocycles. The van der Waals surface area contributed by atoms with Crippen LogP contribution in [0.15, 0.2) is 60.9 Å². The van der Waals surface area contributed by atoms with Crippen molar-refractivity contribution in [3.05, 3.63) is 72.1 Å². The highest BCUT2D eigenvalue weighted by molar-refractivity contribution is 6.05. The summed E-state index contributed by atoms with van der Waals surface area (Å²) in [5, 5.41) is 7.06. The average Bonchev–Trinajstić information content (AvgIpc) is 3.43. The van der Waals surface area contributed by atoms with Gasteiger partial charge in [-0.25, -0.2) is 0 Å². The Morgan fingerprint density at radius 2 is 2.07 bits per heavy atom. The predicted octanol–water partition coefficient (Wildman–Crippen LogP) is 3.51. The van der Waals surface area contributed by atoms with Crippen molar-refractivity contribution < 1.29 is 14.3 Å². The number of amides is 2. The number of nitrogens with one attached hydrogen (secondary N) is 1. The average molecular weight is 404 g/mol. The number of nitrogens with zero attached hydrogens (tertiary/aromatic N) is 3. The molecule has 0 unspecified atom stereocenters. The summed E-state index contributed by atoms with van der Waals surface area (Å²) in [5.41, 5.74) is 3.18. The van der Waals surface area contributed by atoms with E-state index in [-0.39, 0.29) is 11.8 Å². The Balaban J connectivity index is 1.39. The fourth-order valence-corrected chi connectivity index (χ4v) is 3.55. The first-order chi connectivity index (χ1) is 14.6. The molecule has 0 spiro atoms. The van der Waals surface area contributed by atoms with Crippen LogP contribution < -0.4 is 15.0 Å². The molecule has 0 saturated heterocycles. The Hall–Kier alpha value is -3.61. The molecule has 0 bridgehead atoms. The Morgan fingerprint density at radius 3 is 2.87 bits per heavy atom. The van der Waals surface area contributed by atoms with Gasteiger partial charge in [-0.3, -0.25) is 14.3 Å². The van der Waals surface area contributed by atoms with Crippen LogP contribution in [0.5, 0.6) is 5.75 Å². The third-order valence-corrected chi connectivity index (χ3v) is 5.08. The largest absolute Gasteiger partial charge is 0.492 e. The second-order valence-corrected chi connectivity index (χ2v) is 7.09. The molecule has 7 heteroatoms. The lowest BCUT2D eigenvalue weighted by atomic mass is 10.1. The minimum Gasteiger partial charge on any atom is -0.492 e. The molecule has 0 atom stereocenters. The number of carbonyl (C=O) groups excluding carboxylic acids is 2. The fourth-order valence-electron chi connectivity index (χ4n) is 3.55. The van der Waals surface area contributed by atoms with Crippen LogP contribution in [0.2, 0.25) is 0 Å². The third-order valence-electron chi connectivity index (χ3n) is 5.08. The first-order valence-electron chi connectivity index (χ1n) is 10.1. The maximum atomic E-state index is 12.7. The van der Waals surface area contributed by atoms with Crippen molar-refractivity contribution in [2.75, 3.05) is 23.4 Å². The minimum atomic E-state index is -0.188. The van der Waals surface area contributed by atoms with E-state index >= 15 is 0 Å². The molecule has 1 N–H and O–H groups in total. The minimum absolute atomic E-state index is 0.107. The van der Waals surface area contributed by atoms with Gasteiger partial charge in [-0.15, -0.1) is 0 Å². The highest BCUT2D eigenvalue weighted by atomic mass is 16.5. The monoisotopic (exact) mass is 404 g/mol. The molecule has 7 nitrogen and oxygen atoms in total. The zero-order chi connectivity index (χ0) is 20.9. The summed E-state index contributed by atoms with van der Waals surface area (Å²) >= 11 is 0. The van der Waals surface area contributed by atoms with E-state index in [4.69, 9.17) is 4.74 Å². The molecule has 0 aliphatic carbocycles. The summed E-state index contributed by atoms with van der Waals surface area (Å²) in [6.07, 6.45) is 4.85. The molecule has 0 radical (unpaired) electrons. The van der Waals surface area contributed by atoms with Gasteiger partial charge in [0.05, 0.1) is 6.54 Å². The van der Waals surface area contributed by atoms with E-state index in [2.05, 4.69) is 10.4 Å². The summed E-state index contributed by atoms with van der Waals surface area (Å²) in [7, 11) is 0. The highest BCUT2D eigenvalue weighted by Gasteiger charge is 2.24. The normalized spacial score (nSPS) is 12.5. The lowest BCUT2D eigenvalue weighted by Gasteiger charge is -2.16. The molecule has 1 aliphatic heterocycles. The van der Waals surface area contributed by atoms with E-state index < -0.39 is 0 Å². The van der Waals surface area contributed by atoms with Crippen molar-refractivity contribution in [1.82, 2.24) is 9.78 Å². The summed E-state index contributed by atoms with van der Waals surface area (Å²) in [5.74, 6) is 0.602. The Kier molecular flexibility index (Phi) is 5.79. The molecule has 4 rings (SSSR count). The van der Waals surface area contributed by atoms with Crippen LogP contribution in [0.25, 0.3) is 0 Å². The van der Waals surface area contributed by atoms with Crippen LogP contribution in [0.3, 0.4) is 0 Å². The maximum Gasteiger partial charge on any atom is 0.255 e. The van der Waals surface area contributed by atoms with Crippen LogP contribution in [-0.4, -0.2) is 34.7 Å². The van der Waals surface area contributed by atoms with Crippen LogP contribution in [-0.2, 0) is 17.8 Å². The number of ether oxygens (including phenoxy) is 1. The van der Waals surface area contributed by atoms with E-state index in [0.29, 0.717) is 43.1 Å². The number of benzene rings is 2. The Bertz CT molecular complexity index is 1050. The summed E-state index contributed by atoms with van der Waals surface area (Å²) < 4.78 is 7.56. The molecular formula is C23H24N4O3. The van der Waals surface area contributed by atoms with Crippen molar-refractivity contribution in [3.8, 4) is 5.75 Å². The summed E-state index contributed by atoms with van der Waals surface area (Å²) in [6, 6.07) is 14.7. The van der Waals surface area contributed by atoms with E-state index in [0.717, 1.165) is 17.7 Å². The second-order valence-electron chi connectivity index (χ2n) is 7.09. The molecule has 2 heterocycles. The van der Waals surface area contributed by atoms with Gasteiger partial charge in [0.2, 0.25) is 5.91 Å². The van der Waals surface area contributed by atoms with Crippen LogP contribution in [0.1, 0.15) is 29.3 Å². The van der Waals surface area contributed by atoms with Gasteiger partial charge in [0.1, 0.15) is 12.4 Å².